The van der Waals surface area contributed by atoms with E-state index in [1.807, 2.05) is 42.5 Å². The van der Waals surface area contributed by atoms with E-state index < -0.39 is 0 Å². The molecule has 3 aromatic rings. The number of rotatable bonds is 4. The lowest BCUT2D eigenvalue weighted by atomic mass is 9.95. The van der Waals surface area contributed by atoms with Crippen molar-refractivity contribution in [1.82, 2.24) is 4.90 Å². The zero-order valence-corrected chi connectivity index (χ0v) is 16.1. The molecule has 0 saturated heterocycles. The van der Waals surface area contributed by atoms with Crippen molar-refractivity contribution in [3.8, 4) is 17.2 Å². The van der Waals surface area contributed by atoms with Crippen LogP contribution in [-0.2, 0) is 6.54 Å². The number of nitriles is 1. The normalized spacial score (nSPS) is 10.3. The van der Waals surface area contributed by atoms with E-state index >= 15 is 0 Å². The Morgan fingerprint density at radius 2 is 1.63 bits per heavy atom. The molecule has 0 radical (unpaired) electrons. The summed E-state index contributed by atoms with van der Waals surface area (Å²) in [5.41, 5.74) is 3.44. The highest BCUT2D eigenvalue weighted by atomic mass is 35.5. The molecule has 0 atom stereocenters. The Morgan fingerprint density at radius 1 is 0.963 bits per heavy atom. The molecule has 5 heteroatoms. The minimum atomic E-state index is -0.135. The van der Waals surface area contributed by atoms with E-state index in [1.165, 1.54) is 0 Å². The summed E-state index contributed by atoms with van der Waals surface area (Å²) >= 11 is 12.0. The van der Waals surface area contributed by atoms with Crippen molar-refractivity contribution in [2.45, 2.75) is 6.54 Å². The molecule has 27 heavy (non-hydrogen) atoms. The second kappa shape index (κ2) is 8.26. The summed E-state index contributed by atoms with van der Waals surface area (Å²) in [6.07, 6.45) is 0. The first-order valence-corrected chi connectivity index (χ1v) is 9.04. The molecule has 134 valence electrons. The Labute approximate surface area is 168 Å². The highest BCUT2D eigenvalue weighted by Crippen LogP contribution is 2.28. The maximum Gasteiger partial charge on any atom is 0.254 e. The lowest BCUT2D eigenvalue weighted by Gasteiger charge is -2.20. The molecule has 0 spiro atoms. The van der Waals surface area contributed by atoms with Gasteiger partial charge in [0.2, 0.25) is 0 Å². The van der Waals surface area contributed by atoms with Crippen LogP contribution in [0.25, 0.3) is 11.1 Å². The second-order valence-corrected chi connectivity index (χ2v) is 6.93. The molecular formula is C22H16Cl2N2O. The van der Waals surface area contributed by atoms with Gasteiger partial charge in [0, 0.05) is 24.7 Å². The molecule has 0 unspecified atom stereocenters. The maximum atomic E-state index is 13.1. The summed E-state index contributed by atoms with van der Waals surface area (Å²) in [4.78, 5) is 14.7. The van der Waals surface area contributed by atoms with Gasteiger partial charge in [-0.3, -0.25) is 4.79 Å². The lowest BCUT2D eigenvalue weighted by Crippen LogP contribution is -2.26. The Morgan fingerprint density at radius 3 is 2.33 bits per heavy atom. The minimum Gasteiger partial charge on any atom is -0.337 e. The molecule has 3 aromatic carbocycles. The average molecular weight is 395 g/mol. The van der Waals surface area contributed by atoms with Gasteiger partial charge in [0.1, 0.15) is 0 Å². The standard InChI is InChI=1S/C22H16Cl2N2O/c1-26(14-15-10-11-20(23)21(24)12-15)22(27)19-9-5-4-8-18(19)17-7-3-2-6-16(17)13-25/h2-12H,14H2,1H3. The van der Waals surface area contributed by atoms with E-state index in [9.17, 15) is 10.1 Å². The number of nitrogens with zero attached hydrogens (tertiary/aromatic N) is 2. The molecule has 0 N–H and O–H groups in total. The molecule has 0 aliphatic carbocycles. The van der Waals surface area contributed by atoms with Crippen molar-refractivity contribution >= 4 is 29.1 Å². The van der Waals surface area contributed by atoms with E-state index in [4.69, 9.17) is 23.2 Å². The molecule has 0 aromatic heterocycles. The van der Waals surface area contributed by atoms with Gasteiger partial charge in [0.05, 0.1) is 21.7 Å². The van der Waals surface area contributed by atoms with E-state index in [2.05, 4.69) is 6.07 Å². The second-order valence-electron chi connectivity index (χ2n) is 6.11. The molecule has 0 aliphatic rings. The third-order valence-corrected chi connectivity index (χ3v) is 4.98. The van der Waals surface area contributed by atoms with Crippen LogP contribution in [0.3, 0.4) is 0 Å². The molecule has 3 nitrogen and oxygen atoms in total. The molecule has 0 aliphatic heterocycles. The van der Waals surface area contributed by atoms with Gasteiger partial charge < -0.3 is 4.90 Å². The van der Waals surface area contributed by atoms with Gasteiger partial charge in [0.25, 0.3) is 5.91 Å². The van der Waals surface area contributed by atoms with Crippen LogP contribution >= 0.6 is 23.2 Å². The lowest BCUT2D eigenvalue weighted by molar-refractivity contribution is 0.0786. The zero-order chi connectivity index (χ0) is 19.4. The van der Waals surface area contributed by atoms with Crippen LogP contribution in [0.1, 0.15) is 21.5 Å². The fourth-order valence-corrected chi connectivity index (χ4v) is 3.23. The fraction of sp³-hybridized carbons (Fsp3) is 0.0909. The van der Waals surface area contributed by atoms with Crippen molar-refractivity contribution < 1.29 is 4.79 Å². The van der Waals surface area contributed by atoms with Crippen molar-refractivity contribution in [1.29, 1.82) is 5.26 Å². The Balaban J connectivity index is 1.93. The van der Waals surface area contributed by atoms with Gasteiger partial charge in [-0.1, -0.05) is 65.7 Å². The van der Waals surface area contributed by atoms with Gasteiger partial charge in [-0.2, -0.15) is 5.26 Å². The van der Waals surface area contributed by atoms with Crippen molar-refractivity contribution in [3.05, 3.63) is 93.5 Å². The first-order valence-electron chi connectivity index (χ1n) is 8.29. The van der Waals surface area contributed by atoms with Crippen molar-refractivity contribution in [3.63, 3.8) is 0 Å². The van der Waals surface area contributed by atoms with E-state index in [-0.39, 0.29) is 5.91 Å². The van der Waals surface area contributed by atoms with Crippen LogP contribution in [0.5, 0.6) is 0 Å². The van der Waals surface area contributed by atoms with Crippen LogP contribution in [0, 0.1) is 11.3 Å². The van der Waals surface area contributed by atoms with E-state index in [0.29, 0.717) is 27.7 Å². The van der Waals surface area contributed by atoms with Crippen LogP contribution in [0.2, 0.25) is 10.0 Å². The third kappa shape index (κ3) is 4.14. The first kappa shape index (κ1) is 19.0. The number of benzene rings is 3. The number of amides is 1. The Hall–Kier alpha value is -2.80. The summed E-state index contributed by atoms with van der Waals surface area (Å²) in [6.45, 7) is 0.393. The average Bonchev–Trinajstić information content (AvgIpc) is 2.70. The summed E-state index contributed by atoms with van der Waals surface area (Å²) in [5, 5.41) is 10.3. The first-order chi connectivity index (χ1) is 13.0. The highest BCUT2D eigenvalue weighted by Gasteiger charge is 2.18. The third-order valence-electron chi connectivity index (χ3n) is 4.25. The van der Waals surface area contributed by atoms with Gasteiger partial charge in [-0.25, -0.2) is 0 Å². The maximum absolute atomic E-state index is 13.1. The SMILES string of the molecule is CN(Cc1ccc(Cl)c(Cl)c1)C(=O)c1ccccc1-c1ccccc1C#N. The predicted molar refractivity (Wildman–Crippen MR) is 109 cm³/mol. The number of carbonyl (C=O) groups excluding carboxylic acids is 1. The van der Waals surface area contributed by atoms with Crippen LogP contribution in [0.15, 0.2) is 66.7 Å². The highest BCUT2D eigenvalue weighted by molar-refractivity contribution is 6.42. The largest absolute Gasteiger partial charge is 0.337 e. The molecule has 0 bridgehead atoms. The van der Waals surface area contributed by atoms with Crippen LogP contribution < -0.4 is 0 Å². The molecular weight excluding hydrogens is 379 g/mol. The summed E-state index contributed by atoms with van der Waals surface area (Å²) in [6, 6.07) is 22.1. The number of halogens is 2. The Bertz CT molecular complexity index is 1040. The smallest absolute Gasteiger partial charge is 0.254 e. The van der Waals surface area contributed by atoms with Crippen LogP contribution in [-0.4, -0.2) is 17.9 Å². The molecule has 0 heterocycles. The summed E-state index contributed by atoms with van der Waals surface area (Å²) < 4.78 is 0. The van der Waals surface area contributed by atoms with Crippen molar-refractivity contribution in [2.75, 3.05) is 7.05 Å². The molecule has 3 rings (SSSR count). The molecule has 1 amide bonds. The summed E-state index contributed by atoms with van der Waals surface area (Å²) in [5.74, 6) is -0.135. The van der Waals surface area contributed by atoms with Gasteiger partial charge >= 0.3 is 0 Å². The summed E-state index contributed by atoms with van der Waals surface area (Å²) in [7, 11) is 1.73. The van der Waals surface area contributed by atoms with E-state index in [1.54, 1.807) is 36.2 Å². The van der Waals surface area contributed by atoms with Gasteiger partial charge in [-0.05, 0) is 35.4 Å². The number of carbonyl (C=O) groups is 1. The molecule has 0 saturated carbocycles. The quantitative estimate of drug-likeness (QED) is 0.560. The van der Waals surface area contributed by atoms with Crippen molar-refractivity contribution in [2.24, 2.45) is 0 Å². The molecule has 0 fully saturated rings. The Kier molecular flexibility index (Phi) is 5.81. The number of hydrogen-bond acceptors (Lipinski definition) is 2. The topological polar surface area (TPSA) is 44.1 Å². The van der Waals surface area contributed by atoms with E-state index in [0.717, 1.165) is 16.7 Å². The van der Waals surface area contributed by atoms with Crippen LogP contribution in [0.4, 0.5) is 0 Å². The monoisotopic (exact) mass is 394 g/mol. The van der Waals surface area contributed by atoms with Gasteiger partial charge in [-0.15, -0.1) is 0 Å². The zero-order valence-electron chi connectivity index (χ0n) is 14.6. The predicted octanol–water partition coefficient (Wildman–Crippen LogP) is 5.80. The number of hydrogen-bond donors (Lipinski definition) is 0. The minimum absolute atomic E-state index is 0.135. The van der Waals surface area contributed by atoms with Gasteiger partial charge in [0.15, 0.2) is 0 Å². The fourth-order valence-electron chi connectivity index (χ4n) is 2.91.